The average molecular weight is 527 g/mol. The Bertz CT molecular complexity index is 1430. The Labute approximate surface area is 228 Å². The van der Waals surface area contributed by atoms with Gasteiger partial charge in [-0.1, -0.05) is 63.2 Å². The van der Waals surface area contributed by atoms with E-state index in [0.29, 0.717) is 25.9 Å². The molecule has 2 amide bonds. The quantitative estimate of drug-likeness (QED) is 0.425. The number of amides is 2. The summed E-state index contributed by atoms with van der Waals surface area (Å²) >= 11 is 1.68. The molecule has 0 unspecified atom stereocenters. The van der Waals surface area contributed by atoms with Crippen LogP contribution < -0.4 is 0 Å². The Morgan fingerprint density at radius 2 is 1.68 bits per heavy atom. The van der Waals surface area contributed by atoms with Crippen LogP contribution in [0, 0.1) is 11.3 Å². The molecule has 1 aromatic heterocycles. The maximum Gasteiger partial charge on any atom is 0.228 e. The van der Waals surface area contributed by atoms with Crippen molar-refractivity contribution in [2.24, 2.45) is 11.3 Å². The van der Waals surface area contributed by atoms with Crippen LogP contribution in [0.2, 0.25) is 0 Å². The zero-order chi connectivity index (χ0) is 26.6. The normalized spacial score (nSPS) is 21.1. The molecule has 2 saturated heterocycles. The second kappa shape index (κ2) is 9.49. The minimum absolute atomic E-state index is 0.0359. The minimum atomic E-state index is -0.387. The van der Waals surface area contributed by atoms with Gasteiger partial charge in [0.1, 0.15) is 0 Å². The summed E-state index contributed by atoms with van der Waals surface area (Å²) in [6.07, 6.45) is 4.10. The van der Waals surface area contributed by atoms with Gasteiger partial charge >= 0.3 is 0 Å². The molecule has 3 heterocycles. The van der Waals surface area contributed by atoms with E-state index in [9.17, 15) is 14.4 Å². The van der Waals surface area contributed by atoms with Gasteiger partial charge in [0.15, 0.2) is 5.78 Å². The number of ketones is 1. The highest BCUT2D eigenvalue weighted by Crippen LogP contribution is 2.38. The number of likely N-dealkylation sites (tertiary alicyclic amines) is 2. The molecule has 3 aliphatic rings. The summed E-state index contributed by atoms with van der Waals surface area (Å²) in [5, 5.41) is 1.18. The molecule has 2 aromatic carbocycles. The lowest BCUT2D eigenvalue weighted by Crippen LogP contribution is -2.53. The van der Waals surface area contributed by atoms with Gasteiger partial charge in [0, 0.05) is 41.1 Å². The first-order valence-corrected chi connectivity index (χ1v) is 14.4. The maximum atomic E-state index is 13.9. The Balaban J connectivity index is 1.11. The summed E-state index contributed by atoms with van der Waals surface area (Å²) in [5.74, 6) is -0.113. The summed E-state index contributed by atoms with van der Waals surface area (Å²) in [7, 11) is 0. The van der Waals surface area contributed by atoms with Crippen molar-refractivity contribution in [3.05, 3.63) is 76.2 Å². The summed E-state index contributed by atoms with van der Waals surface area (Å²) in [6, 6.07) is 18.5. The van der Waals surface area contributed by atoms with Crippen LogP contribution >= 0.6 is 11.3 Å². The van der Waals surface area contributed by atoms with E-state index in [1.807, 2.05) is 46.2 Å². The highest BCUT2D eigenvalue weighted by molar-refractivity contribution is 7.19. The number of Topliss-reactive ketones (excluding diaryl/α,β-unsaturated/α-hetero) is 1. The third kappa shape index (κ3) is 4.60. The van der Waals surface area contributed by atoms with Gasteiger partial charge in [-0.25, -0.2) is 0 Å². The van der Waals surface area contributed by atoms with Crippen LogP contribution in [-0.2, 0) is 27.2 Å². The van der Waals surface area contributed by atoms with E-state index in [1.165, 1.54) is 15.6 Å². The summed E-state index contributed by atoms with van der Waals surface area (Å²) < 4.78 is 1.20. The average Bonchev–Trinajstić information content (AvgIpc) is 3.67. The van der Waals surface area contributed by atoms with E-state index in [2.05, 4.69) is 45.0 Å². The number of piperazine rings is 1. The number of hydrogen-bond donors (Lipinski definition) is 0. The summed E-state index contributed by atoms with van der Waals surface area (Å²) in [4.78, 5) is 45.5. The Hall–Kier alpha value is -3.25. The van der Waals surface area contributed by atoms with Crippen molar-refractivity contribution in [1.29, 1.82) is 0 Å². The second-order valence-corrected chi connectivity index (χ2v) is 13.3. The highest BCUT2D eigenvalue weighted by atomic mass is 32.1. The van der Waals surface area contributed by atoms with E-state index in [1.54, 1.807) is 11.3 Å². The molecule has 38 heavy (non-hydrogen) atoms. The van der Waals surface area contributed by atoms with Crippen molar-refractivity contribution >= 4 is 45.1 Å². The molecule has 0 saturated carbocycles. The second-order valence-electron chi connectivity index (χ2n) is 12.1. The van der Waals surface area contributed by atoms with Gasteiger partial charge in [0.2, 0.25) is 11.8 Å². The number of benzene rings is 2. The molecule has 6 heteroatoms. The van der Waals surface area contributed by atoms with E-state index >= 15 is 0 Å². The monoisotopic (exact) mass is 526 g/mol. The summed E-state index contributed by atoms with van der Waals surface area (Å²) in [5.41, 5.74) is 2.74. The first-order chi connectivity index (χ1) is 18.2. The minimum Gasteiger partial charge on any atom is -0.336 e. The van der Waals surface area contributed by atoms with Gasteiger partial charge in [0.25, 0.3) is 0 Å². The van der Waals surface area contributed by atoms with Gasteiger partial charge in [-0.05, 0) is 46.6 Å². The molecule has 2 bridgehead atoms. The number of fused-ring (bicyclic) bond motifs is 4. The lowest BCUT2D eigenvalue weighted by Gasteiger charge is -2.39. The molecule has 196 valence electrons. The first kappa shape index (κ1) is 25.1. The molecule has 1 aliphatic carbocycles. The number of nitrogens with zero attached hydrogens (tertiary/aromatic N) is 2. The third-order valence-electron chi connectivity index (χ3n) is 8.50. The van der Waals surface area contributed by atoms with Crippen molar-refractivity contribution in [3.63, 3.8) is 0 Å². The Kier molecular flexibility index (Phi) is 6.26. The van der Waals surface area contributed by atoms with Crippen molar-refractivity contribution in [1.82, 2.24) is 9.80 Å². The predicted octanol–water partition coefficient (Wildman–Crippen LogP) is 5.52. The molecular formula is C32H34N2O3S. The van der Waals surface area contributed by atoms with Gasteiger partial charge < -0.3 is 9.80 Å². The molecule has 6 rings (SSSR count). The fourth-order valence-electron chi connectivity index (χ4n) is 6.36. The Morgan fingerprint density at radius 1 is 0.974 bits per heavy atom. The largest absolute Gasteiger partial charge is 0.336 e. The number of hydrogen-bond acceptors (Lipinski definition) is 4. The SMILES string of the molecule is CC(C)(C)[C@H](CC(=O)C1=Cc2ccccc2C1)C(=O)N1C[C@@H]2C[C@H]1CN2C(=O)Cc1cc2ccccc2s1. The van der Waals surface area contributed by atoms with Crippen LogP contribution in [0.4, 0.5) is 0 Å². The zero-order valence-electron chi connectivity index (χ0n) is 22.3. The van der Waals surface area contributed by atoms with E-state index in [0.717, 1.165) is 22.4 Å². The van der Waals surface area contributed by atoms with Crippen molar-refractivity contribution < 1.29 is 14.4 Å². The first-order valence-electron chi connectivity index (χ1n) is 13.6. The molecule has 3 aromatic rings. The lowest BCUT2D eigenvalue weighted by atomic mass is 9.76. The number of carbonyl (C=O) groups is 3. The van der Waals surface area contributed by atoms with Gasteiger partial charge in [0.05, 0.1) is 24.4 Å². The lowest BCUT2D eigenvalue weighted by molar-refractivity contribution is -0.146. The van der Waals surface area contributed by atoms with Crippen LogP contribution in [0.3, 0.4) is 0 Å². The number of thiophene rings is 1. The number of rotatable bonds is 6. The van der Waals surface area contributed by atoms with Crippen LogP contribution in [0.15, 0.2) is 60.2 Å². The standard InChI is InChI=1S/C32H34N2O3S/c1-32(2,3)27(17-28(35)23-12-20-8-4-5-9-21(20)13-23)31(37)34-19-24-15-25(34)18-33(24)30(36)16-26-14-22-10-6-7-11-29(22)38-26/h4-12,14,24-25,27H,13,15-19H2,1-3H3/t24-,25-,27+/m0/s1. The molecule has 3 atom stereocenters. The van der Waals surface area contributed by atoms with Crippen molar-refractivity contribution in [3.8, 4) is 0 Å². The summed E-state index contributed by atoms with van der Waals surface area (Å²) in [6.45, 7) is 7.31. The fourth-order valence-corrected chi connectivity index (χ4v) is 7.41. The molecule has 0 spiro atoms. The topological polar surface area (TPSA) is 57.7 Å². The van der Waals surface area contributed by atoms with Crippen LogP contribution in [0.5, 0.6) is 0 Å². The van der Waals surface area contributed by atoms with E-state index < -0.39 is 0 Å². The molecule has 2 aliphatic heterocycles. The van der Waals surface area contributed by atoms with Crippen molar-refractivity contribution in [2.45, 2.75) is 58.5 Å². The van der Waals surface area contributed by atoms with Gasteiger partial charge in [-0.3, -0.25) is 14.4 Å². The third-order valence-corrected chi connectivity index (χ3v) is 9.62. The predicted molar refractivity (Wildman–Crippen MR) is 152 cm³/mol. The molecule has 0 N–H and O–H groups in total. The van der Waals surface area contributed by atoms with Crippen LogP contribution in [0.25, 0.3) is 16.2 Å². The molecule has 0 radical (unpaired) electrons. The zero-order valence-corrected chi connectivity index (χ0v) is 23.1. The molecule has 5 nitrogen and oxygen atoms in total. The van der Waals surface area contributed by atoms with Crippen molar-refractivity contribution in [2.75, 3.05) is 13.1 Å². The van der Waals surface area contributed by atoms with Crippen LogP contribution in [0.1, 0.15) is 49.6 Å². The number of allylic oxidation sites excluding steroid dienone is 1. The highest BCUT2D eigenvalue weighted by Gasteiger charge is 2.49. The number of carbonyl (C=O) groups excluding carboxylic acids is 3. The smallest absolute Gasteiger partial charge is 0.228 e. The van der Waals surface area contributed by atoms with Gasteiger partial charge in [-0.15, -0.1) is 11.3 Å². The van der Waals surface area contributed by atoms with E-state index in [-0.39, 0.29) is 47.4 Å². The molecular weight excluding hydrogens is 492 g/mol. The van der Waals surface area contributed by atoms with Gasteiger partial charge in [-0.2, -0.15) is 0 Å². The maximum absolute atomic E-state index is 13.9. The van der Waals surface area contributed by atoms with Crippen LogP contribution in [-0.4, -0.2) is 52.6 Å². The van der Waals surface area contributed by atoms with E-state index in [4.69, 9.17) is 0 Å². The molecule has 2 fully saturated rings. The Morgan fingerprint density at radius 3 is 2.39 bits per heavy atom. The fraction of sp³-hybridized carbons (Fsp3) is 0.406.